The molecule has 7 nitrogen and oxygen atoms in total. The normalized spacial score (nSPS) is 11.9. The van der Waals surface area contributed by atoms with Crippen LogP contribution in [0.15, 0.2) is 108 Å². The van der Waals surface area contributed by atoms with E-state index >= 15 is 0 Å². The molecule has 4 aromatic carbocycles. The second-order valence-electron chi connectivity index (χ2n) is 10.7. The van der Waals surface area contributed by atoms with Crippen LogP contribution in [0.5, 0.6) is 0 Å². The van der Waals surface area contributed by atoms with Gasteiger partial charge in [0.2, 0.25) is 11.8 Å². The molecule has 0 aliphatic carbocycles. The number of carbonyl (C=O) groups is 2. The topological polar surface area (TPSA) is 86.8 Å². The van der Waals surface area contributed by atoms with Gasteiger partial charge in [-0.15, -0.1) is 0 Å². The average Bonchev–Trinajstić information content (AvgIpc) is 3.00. The van der Waals surface area contributed by atoms with Gasteiger partial charge in [0.25, 0.3) is 10.0 Å². The van der Waals surface area contributed by atoms with Crippen molar-refractivity contribution in [3.63, 3.8) is 0 Å². The molecular weight excluding hydrogens is 558 g/mol. The maximum Gasteiger partial charge on any atom is 0.264 e. The number of amides is 2. The highest BCUT2D eigenvalue weighted by molar-refractivity contribution is 7.92. The molecule has 0 saturated carbocycles. The molecule has 0 fully saturated rings. The molecule has 0 heterocycles. The lowest BCUT2D eigenvalue weighted by Gasteiger charge is -2.34. The van der Waals surface area contributed by atoms with E-state index in [0.29, 0.717) is 12.2 Å². The zero-order valence-electron chi connectivity index (χ0n) is 25.2. The van der Waals surface area contributed by atoms with Crippen LogP contribution in [0.1, 0.15) is 34.7 Å². The number of sulfonamides is 1. The Bertz CT molecular complexity index is 1640. The third kappa shape index (κ3) is 7.70. The van der Waals surface area contributed by atoms with Gasteiger partial charge in [-0.2, -0.15) is 0 Å². The van der Waals surface area contributed by atoms with Gasteiger partial charge >= 0.3 is 0 Å². The van der Waals surface area contributed by atoms with Gasteiger partial charge in [-0.05, 0) is 68.1 Å². The molecule has 43 heavy (non-hydrogen) atoms. The first-order valence-corrected chi connectivity index (χ1v) is 15.9. The Morgan fingerprint density at radius 3 is 1.98 bits per heavy atom. The minimum Gasteiger partial charge on any atom is -0.355 e. The van der Waals surface area contributed by atoms with Gasteiger partial charge in [0, 0.05) is 19.5 Å². The van der Waals surface area contributed by atoms with E-state index in [1.165, 1.54) is 9.21 Å². The summed E-state index contributed by atoms with van der Waals surface area (Å²) in [5.74, 6) is -0.775. The number of carbonyl (C=O) groups excluding carboxylic acids is 2. The van der Waals surface area contributed by atoms with Gasteiger partial charge in [-0.1, -0.05) is 90.5 Å². The van der Waals surface area contributed by atoms with Gasteiger partial charge in [0.05, 0.1) is 10.6 Å². The van der Waals surface area contributed by atoms with Crippen molar-refractivity contribution in [2.24, 2.45) is 0 Å². The van der Waals surface area contributed by atoms with Crippen LogP contribution in [0, 0.1) is 20.8 Å². The van der Waals surface area contributed by atoms with Gasteiger partial charge < -0.3 is 10.2 Å². The van der Waals surface area contributed by atoms with Crippen LogP contribution in [0.3, 0.4) is 0 Å². The Morgan fingerprint density at radius 1 is 0.767 bits per heavy atom. The Morgan fingerprint density at radius 2 is 1.37 bits per heavy atom. The van der Waals surface area contributed by atoms with Crippen molar-refractivity contribution < 1.29 is 18.0 Å². The number of anilines is 1. The SMILES string of the molecule is CCNC(=O)[C@H](Cc1ccccc1)N(Cc1ccccc1)C(=O)CN(c1cccc(C)c1C)S(=O)(=O)c1ccc(C)cc1. The molecule has 0 spiro atoms. The molecule has 4 rings (SSSR count). The summed E-state index contributed by atoms with van der Waals surface area (Å²) in [6.45, 7) is 7.53. The molecule has 0 unspecified atom stereocenters. The van der Waals surface area contributed by atoms with Crippen molar-refractivity contribution in [1.29, 1.82) is 0 Å². The van der Waals surface area contributed by atoms with Crippen LogP contribution in [0.4, 0.5) is 5.69 Å². The Hall–Kier alpha value is -4.43. The third-order valence-corrected chi connectivity index (χ3v) is 9.32. The van der Waals surface area contributed by atoms with E-state index in [1.54, 1.807) is 36.4 Å². The largest absolute Gasteiger partial charge is 0.355 e. The Kier molecular flexibility index (Phi) is 10.4. The lowest BCUT2D eigenvalue weighted by molar-refractivity contribution is -0.140. The van der Waals surface area contributed by atoms with Crippen LogP contribution in [0.25, 0.3) is 0 Å². The lowest BCUT2D eigenvalue weighted by atomic mass is 10.0. The van der Waals surface area contributed by atoms with E-state index in [-0.39, 0.29) is 23.8 Å². The van der Waals surface area contributed by atoms with Crippen molar-refractivity contribution in [1.82, 2.24) is 10.2 Å². The number of aryl methyl sites for hydroxylation is 2. The van der Waals surface area contributed by atoms with E-state index in [9.17, 15) is 18.0 Å². The Balaban J connectivity index is 1.81. The summed E-state index contributed by atoms with van der Waals surface area (Å²) in [4.78, 5) is 29.6. The standard InChI is InChI=1S/C35H39N3O4S/c1-5-36-35(40)33(23-29-14-8-6-9-15-29)37(24-30-16-10-7-11-17-30)34(39)25-38(32-18-12-13-27(3)28(32)4)43(41,42)31-21-19-26(2)20-22-31/h6-22,33H,5,23-25H2,1-4H3,(H,36,40)/t33-/m0/s1. The smallest absolute Gasteiger partial charge is 0.264 e. The molecule has 2 amide bonds. The maximum atomic E-state index is 14.4. The first-order valence-electron chi connectivity index (χ1n) is 14.4. The fourth-order valence-corrected chi connectivity index (χ4v) is 6.45. The summed E-state index contributed by atoms with van der Waals surface area (Å²) < 4.78 is 29.6. The highest BCUT2D eigenvalue weighted by Gasteiger charge is 2.35. The fourth-order valence-electron chi connectivity index (χ4n) is 4.98. The fraction of sp³-hybridized carbons (Fsp3) is 0.257. The highest BCUT2D eigenvalue weighted by Crippen LogP contribution is 2.29. The number of nitrogens with zero attached hydrogens (tertiary/aromatic N) is 2. The third-order valence-electron chi connectivity index (χ3n) is 7.55. The van der Waals surface area contributed by atoms with Gasteiger partial charge in [0.15, 0.2) is 0 Å². The zero-order valence-corrected chi connectivity index (χ0v) is 26.0. The molecular formula is C35H39N3O4S. The summed E-state index contributed by atoms with van der Waals surface area (Å²) in [7, 11) is -4.14. The first kappa shape index (κ1) is 31.5. The average molecular weight is 598 g/mol. The van der Waals surface area contributed by atoms with Crippen molar-refractivity contribution in [3.05, 3.63) is 131 Å². The van der Waals surface area contributed by atoms with E-state index in [2.05, 4.69) is 5.32 Å². The molecule has 0 aromatic heterocycles. The van der Waals surface area contributed by atoms with Crippen molar-refractivity contribution in [2.45, 2.75) is 51.6 Å². The van der Waals surface area contributed by atoms with Crippen molar-refractivity contribution in [2.75, 3.05) is 17.4 Å². The summed E-state index contributed by atoms with van der Waals surface area (Å²) in [5, 5.41) is 2.89. The molecule has 0 radical (unpaired) electrons. The quantitative estimate of drug-likeness (QED) is 0.231. The van der Waals surface area contributed by atoms with Crippen LogP contribution < -0.4 is 9.62 Å². The minimum atomic E-state index is -4.14. The number of likely N-dealkylation sites (N-methyl/N-ethyl adjacent to an activating group) is 1. The molecule has 0 aliphatic heterocycles. The number of hydrogen-bond acceptors (Lipinski definition) is 4. The molecule has 8 heteroatoms. The predicted molar refractivity (Wildman–Crippen MR) is 171 cm³/mol. The van der Waals surface area contributed by atoms with E-state index in [0.717, 1.165) is 27.8 Å². The maximum absolute atomic E-state index is 14.4. The molecule has 4 aromatic rings. The molecule has 224 valence electrons. The Labute approximate surface area is 255 Å². The van der Waals surface area contributed by atoms with Crippen molar-refractivity contribution >= 4 is 27.5 Å². The molecule has 0 bridgehead atoms. The van der Waals surface area contributed by atoms with Crippen LogP contribution in [-0.4, -0.2) is 44.3 Å². The predicted octanol–water partition coefficient (Wildman–Crippen LogP) is 5.58. The lowest BCUT2D eigenvalue weighted by Crippen LogP contribution is -2.53. The molecule has 0 saturated heterocycles. The van der Waals surface area contributed by atoms with E-state index < -0.39 is 28.5 Å². The summed E-state index contributed by atoms with van der Waals surface area (Å²) >= 11 is 0. The van der Waals surface area contributed by atoms with Crippen LogP contribution in [0.2, 0.25) is 0 Å². The highest BCUT2D eigenvalue weighted by atomic mass is 32.2. The summed E-state index contributed by atoms with van der Waals surface area (Å²) in [5.41, 5.74) is 4.73. The number of rotatable bonds is 12. The minimum absolute atomic E-state index is 0.0889. The number of nitrogens with one attached hydrogen (secondary N) is 1. The molecule has 1 atom stereocenters. The molecule has 0 aliphatic rings. The van der Waals surface area contributed by atoms with Gasteiger partial charge in [0.1, 0.15) is 12.6 Å². The summed E-state index contributed by atoms with van der Waals surface area (Å²) in [6.07, 6.45) is 0.277. The monoisotopic (exact) mass is 597 g/mol. The zero-order chi connectivity index (χ0) is 31.0. The first-order chi connectivity index (χ1) is 20.6. The van der Waals surface area contributed by atoms with Crippen LogP contribution >= 0.6 is 0 Å². The number of benzene rings is 4. The molecule has 1 N–H and O–H groups in total. The number of hydrogen-bond donors (Lipinski definition) is 1. The van der Waals surface area contributed by atoms with Gasteiger partial charge in [-0.3, -0.25) is 13.9 Å². The second kappa shape index (κ2) is 14.2. The summed E-state index contributed by atoms with van der Waals surface area (Å²) in [6, 6.07) is 30.1. The van der Waals surface area contributed by atoms with E-state index in [1.807, 2.05) is 94.4 Å². The van der Waals surface area contributed by atoms with E-state index in [4.69, 9.17) is 0 Å². The van der Waals surface area contributed by atoms with Gasteiger partial charge in [-0.25, -0.2) is 8.42 Å². The second-order valence-corrected chi connectivity index (χ2v) is 12.5. The van der Waals surface area contributed by atoms with Crippen LogP contribution in [-0.2, 0) is 32.6 Å². The van der Waals surface area contributed by atoms with Crippen molar-refractivity contribution in [3.8, 4) is 0 Å².